The predicted octanol–water partition coefficient (Wildman–Crippen LogP) is 33.9. The van der Waals surface area contributed by atoms with Gasteiger partial charge in [0.15, 0.2) is 0 Å². The first-order valence-electron chi connectivity index (χ1n) is 43.4. The number of hydrogen-bond donors (Lipinski definition) is 0. The largest absolute Gasteiger partial charge is 0.252 e. The molecule has 0 saturated carbocycles. The zero-order chi connectivity index (χ0) is 85.0. The molecule has 0 radical (unpaired) electrons. The van der Waals surface area contributed by atoms with E-state index in [9.17, 15) is 0 Å². The van der Waals surface area contributed by atoms with Crippen molar-refractivity contribution < 1.29 is 0 Å². The van der Waals surface area contributed by atoms with Gasteiger partial charge in [0.2, 0.25) is 0 Å². The third-order valence-electron chi connectivity index (χ3n) is 25.7. The van der Waals surface area contributed by atoms with Crippen LogP contribution >= 0.6 is 34.0 Å². The number of thiophene rings is 3. The standard InChI is InChI=1S/3C40H24N2S/c1-2-13-33-31(11-1)35-23-29(15-17-34(35)40-39(33)41-19-20-42-40)27-9-5-7-25(21-27)26-8-6-10-28(22-26)30-16-18-38-36(24-30)32-12-3-4-14-37(32)43-38;1-2-10-33-31(8-1)35-23-29(16-18-34(35)40-39(33)41-20-21-42-40)26-14-12-25(13-15-26)27-6-5-7-28(22-27)30-17-19-38-36(24-30)32-9-3-4-11-37(32)43-38;1-2-8-30(28-18-20-38-36(24-28)32-10-5-6-12-37(32)43-38)29(7-1)26-15-13-25(14-16-26)27-17-19-34-35(23-27)31-9-3-4-11-33(31)39-40(34)42-22-21-41-39/h3*1-24H. The highest BCUT2D eigenvalue weighted by Crippen LogP contribution is 2.46. The molecule has 21 aromatic carbocycles. The van der Waals surface area contributed by atoms with Crippen LogP contribution < -0.4 is 0 Å². The third kappa shape index (κ3) is 13.4. The molecule has 0 aliphatic rings. The van der Waals surface area contributed by atoms with E-state index in [1.165, 1.54) is 193 Å². The summed E-state index contributed by atoms with van der Waals surface area (Å²) in [6.07, 6.45) is 10.7. The van der Waals surface area contributed by atoms with E-state index in [-0.39, 0.29) is 0 Å². The minimum atomic E-state index is 0.946. The molecule has 0 N–H and O–H groups in total. The minimum Gasteiger partial charge on any atom is -0.252 e. The van der Waals surface area contributed by atoms with Crippen molar-refractivity contribution in [2.75, 3.05) is 0 Å². The van der Waals surface area contributed by atoms with Crippen LogP contribution in [0.4, 0.5) is 0 Å². The van der Waals surface area contributed by atoms with Crippen LogP contribution in [-0.2, 0) is 0 Å². The van der Waals surface area contributed by atoms with Crippen LogP contribution in [0.25, 0.3) is 258 Å². The highest BCUT2D eigenvalue weighted by atomic mass is 32.1. The van der Waals surface area contributed by atoms with Crippen LogP contribution in [0, 0.1) is 0 Å². The Morgan fingerprint density at radius 3 is 0.643 bits per heavy atom. The number of benzene rings is 21. The zero-order valence-corrected chi connectivity index (χ0v) is 71.9. The Balaban J connectivity index is 0.000000105. The Kier molecular flexibility index (Phi) is 18.4. The molecule has 600 valence electrons. The summed E-state index contributed by atoms with van der Waals surface area (Å²) >= 11 is 5.58. The SMILES string of the molecule is c1cc(-c2ccc(-c3ccc4c(c3)c3ccccc3c3nccnc43)cc2)cc(-c2ccc3sc4ccccc4c3c2)c1.c1cc(-c2cccc(-c3ccc4c(c3)c3ccccc3c3nccnc43)c2)cc(-c2ccc3sc4ccccc4c3c2)c1.c1ccc(-c2ccc3sc4ccccc4c3c2)c(-c2ccc(-c3ccc4c(c3)c3ccccc3c3nccnc43)cc2)c1. The van der Waals surface area contributed by atoms with Crippen molar-refractivity contribution in [3.8, 4) is 100 Å². The predicted molar refractivity (Wildman–Crippen MR) is 551 cm³/mol. The number of hydrogen-bond acceptors (Lipinski definition) is 9. The summed E-state index contributed by atoms with van der Waals surface area (Å²) in [5, 5.41) is 22.0. The molecule has 6 aromatic heterocycles. The van der Waals surface area contributed by atoms with Crippen molar-refractivity contribution in [1.29, 1.82) is 0 Å². The van der Waals surface area contributed by atoms with Gasteiger partial charge in [-0.05, 0) is 223 Å². The van der Waals surface area contributed by atoms with E-state index in [1.54, 1.807) is 37.2 Å². The van der Waals surface area contributed by atoms with Gasteiger partial charge in [0.05, 0.1) is 33.1 Å². The summed E-state index contributed by atoms with van der Waals surface area (Å²) in [4.78, 5) is 28.1. The molecule has 0 spiro atoms. The summed E-state index contributed by atoms with van der Waals surface area (Å²) < 4.78 is 8.00. The van der Waals surface area contributed by atoms with Gasteiger partial charge in [0, 0.05) is 130 Å². The van der Waals surface area contributed by atoms with Crippen molar-refractivity contribution in [2.45, 2.75) is 0 Å². The van der Waals surface area contributed by atoms with Crippen LogP contribution in [0.15, 0.2) is 438 Å². The van der Waals surface area contributed by atoms with E-state index in [1.807, 2.05) is 34.0 Å². The molecule has 0 bridgehead atoms. The number of rotatable bonds is 9. The Morgan fingerprint density at radius 2 is 0.318 bits per heavy atom. The van der Waals surface area contributed by atoms with Crippen molar-refractivity contribution in [3.05, 3.63) is 438 Å². The van der Waals surface area contributed by atoms with Gasteiger partial charge < -0.3 is 0 Å². The summed E-state index contributed by atoms with van der Waals surface area (Å²) in [6, 6.07) is 146. The second kappa shape index (κ2) is 31.5. The van der Waals surface area contributed by atoms with E-state index in [4.69, 9.17) is 15.0 Å². The molecule has 6 heterocycles. The molecule has 0 aliphatic heterocycles. The molecule has 0 saturated heterocycles. The van der Waals surface area contributed by atoms with E-state index in [2.05, 4.69) is 415 Å². The average Bonchev–Trinajstić information content (AvgIpc) is 1.74. The third-order valence-corrected chi connectivity index (χ3v) is 29.2. The van der Waals surface area contributed by atoms with Gasteiger partial charge in [-0.25, -0.2) is 0 Å². The summed E-state index contributed by atoms with van der Waals surface area (Å²) in [7, 11) is 0. The molecule has 129 heavy (non-hydrogen) atoms. The molecule has 27 rings (SSSR count). The molecule has 0 amide bonds. The minimum absolute atomic E-state index is 0.946. The van der Waals surface area contributed by atoms with Gasteiger partial charge in [-0.3, -0.25) is 29.9 Å². The molecule has 27 aromatic rings. The Hall–Kier alpha value is -16.1. The Bertz CT molecular complexity index is 9120. The van der Waals surface area contributed by atoms with Crippen LogP contribution in [0.1, 0.15) is 0 Å². The Morgan fingerprint density at radius 1 is 0.116 bits per heavy atom. The zero-order valence-electron chi connectivity index (χ0n) is 69.5. The van der Waals surface area contributed by atoms with Crippen LogP contribution in [0.5, 0.6) is 0 Å². The number of aromatic nitrogens is 6. The lowest BCUT2D eigenvalue weighted by atomic mass is 9.92. The second-order valence-electron chi connectivity index (χ2n) is 33.0. The fourth-order valence-electron chi connectivity index (χ4n) is 19.5. The first-order valence-corrected chi connectivity index (χ1v) is 45.9. The average molecular weight is 1690 g/mol. The van der Waals surface area contributed by atoms with Crippen molar-refractivity contribution in [2.24, 2.45) is 0 Å². The summed E-state index contributed by atoms with van der Waals surface area (Å²) in [5.41, 5.74) is 27.6. The number of nitrogens with zero attached hydrogens (tertiary/aromatic N) is 6. The maximum atomic E-state index is 4.72. The molecule has 0 atom stereocenters. The number of fused-ring (bicyclic) bond motifs is 27. The van der Waals surface area contributed by atoms with Gasteiger partial charge in [0.1, 0.15) is 0 Å². The maximum Gasteiger partial charge on any atom is 0.0971 e. The first-order chi connectivity index (χ1) is 63.9. The van der Waals surface area contributed by atoms with Gasteiger partial charge >= 0.3 is 0 Å². The molecular formula is C120H72N6S3. The molecule has 6 nitrogen and oxygen atoms in total. The van der Waals surface area contributed by atoms with E-state index in [0.29, 0.717) is 0 Å². The van der Waals surface area contributed by atoms with E-state index >= 15 is 0 Å². The normalized spacial score (nSPS) is 11.7. The monoisotopic (exact) mass is 1690 g/mol. The van der Waals surface area contributed by atoms with Gasteiger partial charge in [-0.15, -0.1) is 34.0 Å². The topological polar surface area (TPSA) is 77.3 Å². The lowest BCUT2D eigenvalue weighted by Crippen LogP contribution is -1.89. The summed E-state index contributed by atoms with van der Waals surface area (Å²) in [6.45, 7) is 0. The summed E-state index contributed by atoms with van der Waals surface area (Å²) in [5.74, 6) is 0. The van der Waals surface area contributed by atoms with Crippen LogP contribution in [-0.4, -0.2) is 29.9 Å². The quantitative estimate of drug-likeness (QED) is 0.134. The van der Waals surface area contributed by atoms with Crippen molar-refractivity contribution in [3.63, 3.8) is 0 Å². The smallest absolute Gasteiger partial charge is 0.0971 e. The van der Waals surface area contributed by atoms with Gasteiger partial charge in [0.25, 0.3) is 0 Å². The lowest BCUT2D eigenvalue weighted by molar-refractivity contribution is 1.31. The molecule has 0 unspecified atom stereocenters. The molecular weight excluding hydrogens is 1620 g/mol. The first kappa shape index (κ1) is 75.4. The second-order valence-corrected chi connectivity index (χ2v) is 36.3. The van der Waals surface area contributed by atoms with E-state index in [0.717, 1.165) is 65.4 Å². The van der Waals surface area contributed by atoms with Crippen molar-refractivity contribution in [1.82, 2.24) is 29.9 Å². The fraction of sp³-hybridized carbons (Fsp3) is 0. The van der Waals surface area contributed by atoms with E-state index < -0.39 is 0 Å². The van der Waals surface area contributed by atoms with Gasteiger partial charge in [-0.2, -0.15) is 0 Å². The molecule has 0 fully saturated rings. The van der Waals surface area contributed by atoms with Gasteiger partial charge in [-0.1, -0.05) is 309 Å². The highest BCUT2D eigenvalue weighted by Gasteiger charge is 2.20. The maximum absolute atomic E-state index is 4.72. The van der Waals surface area contributed by atoms with Crippen LogP contribution in [0.2, 0.25) is 0 Å². The van der Waals surface area contributed by atoms with Crippen LogP contribution in [0.3, 0.4) is 0 Å². The fourth-order valence-corrected chi connectivity index (χ4v) is 22.7. The lowest BCUT2D eigenvalue weighted by Gasteiger charge is -2.13. The molecule has 0 aliphatic carbocycles. The molecule has 9 heteroatoms. The van der Waals surface area contributed by atoms with Crippen molar-refractivity contribution >= 4 is 192 Å². The highest BCUT2D eigenvalue weighted by molar-refractivity contribution is 7.26. The Labute approximate surface area is 754 Å².